The summed E-state index contributed by atoms with van der Waals surface area (Å²) >= 11 is 6.07. The van der Waals surface area contributed by atoms with Crippen LogP contribution in [0.3, 0.4) is 0 Å². The number of carboxylic acids is 1. The molecule has 2 saturated heterocycles. The molecule has 3 fully saturated rings. The van der Waals surface area contributed by atoms with Crippen molar-refractivity contribution < 1.29 is 48.0 Å². The van der Waals surface area contributed by atoms with Gasteiger partial charge in [0.05, 0.1) is 59.3 Å². The van der Waals surface area contributed by atoms with Gasteiger partial charge < -0.3 is 19.7 Å². The van der Waals surface area contributed by atoms with Crippen LogP contribution in [0, 0.1) is 34.9 Å². The first-order valence-corrected chi connectivity index (χ1v) is 15.9. The summed E-state index contributed by atoms with van der Waals surface area (Å²) in [5.74, 6) is -8.47. The lowest BCUT2D eigenvalue weighted by molar-refractivity contribution is -0.131. The standard InChI is InChI=1S/C36H30ClFN2O9/c1-36-23(32(43)40(35(36)47)19-7-10-25(38)24(37)14-19)15-22-20(29(36)17-12-26(48-2)30(41)27(13-17)49-3)8-9-21-28(22)33(44)39(31(21)42)18-6-4-5-16(11-18)34(45)46/h4-8,10-14,21-23,28-29,41H,9,15H2,1-3H3,(H,45,46). The fraction of sp³-hybridized carbons (Fsp3) is 0.306. The van der Waals surface area contributed by atoms with Gasteiger partial charge in [-0.05, 0) is 79.8 Å². The van der Waals surface area contributed by atoms with Gasteiger partial charge in [0, 0.05) is 5.92 Å². The maximum Gasteiger partial charge on any atom is 0.335 e. The molecule has 2 aliphatic carbocycles. The van der Waals surface area contributed by atoms with Gasteiger partial charge in [0.1, 0.15) is 5.82 Å². The molecule has 6 unspecified atom stereocenters. The number of hydrogen-bond donors (Lipinski definition) is 2. The zero-order valence-electron chi connectivity index (χ0n) is 26.5. The Morgan fingerprint density at radius 3 is 2.22 bits per heavy atom. The Labute approximate surface area is 284 Å². The summed E-state index contributed by atoms with van der Waals surface area (Å²) in [6, 6.07) is 12.3. The maximum absolute atomic E-state index is 14.6. The summed E-state index contributed by atoms with van der Waals surface area (Å²) < 4.78 is 25.0. The molecular weight excluding hydrogens is 659 g/mol. The van der Waals surface area contributed by atoms with E-state index in [0.29, 0.717) is 11.1 Å². The minimum atomic E-state index is -1.44. The number of rotatable bonds is 6. The smallest absolute Gasteiger partial charge is 0.335 e. The topological polar surface area (TPSA) is 151 Å². The highest BCUT2D eigenvalue weighted by molar-refractivity contribution is 6.32. The van der Waals surface area contributed by atoms with Gasteiger partial charge in [-0.3, -0.25) is 24.1 Å². The molecule has 252 valence electrons. The van der Waals surface area contributed by atoms with Gasteiger partial charge in [0.2, 0.25) is 29.4 Å². The lowest BCUT2D eigenvalue weighted by Gasteiger charge is -2.49. The van der Waals surface area contributed by atoms with E-state index in [4.69, 9.17) is 21.1 Å². The highest BCUT2D eigenvalue weighted by Crippen LogP contribution is 2.64. The van der Waals surface area contributed by atoms with Gasteiger partial charge in [0.15, 0.2) is 11.5 Å². The fourth-order valence-electron chi connectivity index (χ4n) is 8.38. The molecule has 2 heterocycles. The Bertz CT molecular complexity index is 2010. The molecule has 0 radical (unpaired) electrons. The van der Waals surface area contributed by atoms with Gasteiger partial charge in [-0.15, -0.1) is 0 Å². The number of benzene rings is 3. The fourth-order valence-corrected chi connectivity index (χ4v) is 8.55. The van der Waals surface area contributed by atoms with Crippen molar-refractivity contribution in [1.29, 1.82) is 0 Å². The number of carbonyl (C=O) groups excluding carboxylic acids is 4. The van der Waals surface area contributed by atoms with Gasteiger partial charge in [-0.2, -0.15) is 0 Å². The second-order valence-corrected chi connectivity index (χ2v) is 13.3. The van der Waals surface area contributed by atoms with Crippen LogP contribution in [0.2, 0.25) is 5.02 Å². The number of methoxy groups -OCH3 is 2. The Morgan fingerprint density at radius 1 is 0.918 bits per heavy atom. The van der Waals surface area contributed by atoms with E-state index >= 15 is 0 Å². The SMILES string of the molecule is COc1cc(C2C3=CCC4C(=O)N(c5cccc(C(=O)O)c5)C(=O)C4C3CC3C(=O)N(c4ccc(F)c(Cl)c4)C(=O)C32C)cc(OC)c1O. The Balaban J connectivity index is 1.39. The molecule has 13 heteroatoms. The normalized spacial score (nSPS) is 27.4. The van der Waals surface area contributed by atoms with E-state index in [1.54, 1.807) is 19.1 Å². The summed E-state index contributed by atoms with van der Waals surface area (Å²) in [4.78, 5) is 70.9. The van der Waals surface area contributed by atoms with Crippen LogP contribution >= 0.6 is 11.6 Å². The molecule has 7 rings (SSSR count). The number of phenolic OH excluding ortho intramolecular Hbond substituents is 1. The minimum Gasteiger partial charge on any atom is -0.502 e. The molecule has 1 saturated carbocycles. The zero-order valence-corrected chi connectivity index (χ0v) is 27.2. The van der Waals surface area contributed by atoms with Crippen molar-refractivity contribution in [2.45, 2.75) is 25.7 Å². The number of imide groups is 2. The Kier molecular flexibility index (Phi) is 7.55. The van der Waals surface area contributed by atoms with Crippen LogP contribution in [0.5, 0.6) is 17.2 Å². The van der Waals surface area contributed by atoms with E-state index in [9.17, 15) is 38.6 Å². The van der Waals surface area contributed by atoms with E-state index in [-0.39, 0.29) is 52.1 Å². The predicted molar refractivity (Wildman–Crippen MR) is 173 cm³/mol. The van der Waals surface area contributed by atoms with Crippen molar-refractivity contribution in [2.24, 2.45) is 29.1 Å². The van der Waals surface area contributed by atoms with Crippen molar-refractivity contribution in [3.8, 4) is 17.2 Å². The van der Waals surface area contributed by atoms with Gasteiger partial charge in [-0.25, -0.2) is 14.1 Å². The van der Waals surface area contributed by atoms with Gasteiger partial charge in [-0.1, -0.05) is 29.3 Å². The van der Waals surface area contributed by atoms with Crippen molar-refractivity contribution in [2.75, 3.05) is 24.0 Å². The lowest BCUT2D eigenvalue weighted by Crippen LogP contribution is -2.48. The molecular formula is C36H30ClFN2O9. The summed E-state index contributed by atoms with van der Waals surface area (Å²) in [7, 11) is 2.72. The summed E-state index contributed by atoms with van der Waals surface area (Å²) in [6.07, 6.45) is 2.05. The molecule has 0 bridgehead atoms. The van der Waals surface area contributed by atoms with Crippen LogP contribution in [0.4, 0.5) is 15.8 Å². The zero-order chi connectivity index (χ0) is 35.1. The van der Waals surface area contributed by atoms with E-state index in [2.05, 4.69) is 0 Å². The summed E-state index contributed by atoms with van der Waals surface area (Å²) in [6.45, 7) is 1.67. The minimum absolute atomic E-state index is 0.0460. The molecule has 6 atom stereocenters. The Morgan fingerprint density at radius 2 is 1.59 bits per heavy atom. The van der Waals surface area contributed by atoms with Crippen LogP contribution in [-0.4, -0.2) is 54.0 Å². The van der Waals surface area contributed by atoms with Crippen molar-refractivity contribution >= 4 is 52.6 Å². The van der Waals surface area contributed by atoms with Gasteiger partial charge >= 0.3 is 5.97 Å². The van der Waals surface area contributed by atoms with Gasteiger partial charge in [0.25, 0.3) is 0 Å². The molecule has 2 N–H and O–H groups in total. The molecule has 49 heavy (non-hydrogen) atoms. The van der Waals surface area contributed by atoms with Crippen LogP contribution < -0.4 is 19.3 Å². The van der Waals surface area contributed by atoms with E-state index < -0.39 is 70.4 Å². The monoisotopic (exact) mass is 688 g/mol. The first kappa shape index (κ1) is 32.3. The average molecular weight is 689 g/mol. The van der Waals surface area contributed by atoms with E-state index in [0.717, 1.165) is 15.9 Å². The van der Waals surface area contributed by atoms with Crippen LogP contribution in [0.15, 0.2) is 66.2 Å². The molecule has 2 aliphatic heterocycles. The molecule has 3 aromatic carbocycles. The molecule has 0 aromatic heterocycles. The third-order valence-corrected chi connectivity index (χ3v) is 10.9. The number of fused-ring (bicyclic) bond motifs is 4. The average Bonchev–Trinajstić information content (AvgIpc) is 3.45. The highest BCUT2D eigenvalue weighted by Gasteiger charge is 2.67. The van der Waals surface area contributed by atoms with E-state index in [1.807, 2.05) is 6.08 Å². The first-order chi connectivity index (χ1) is 23.3. The highest BCUT2D eigenvalue weighted by atomic mass is 35.5. The van der Waals surface area contributed by atoms with Crippen LogP contribution in [0.1, 0.15) is 41.6 Å². The van der Waals surface area contributed by atoms with Crippen LogP contribution in [0.25, 0.3) is 0 Å². The number of anilines is 2. The number of halogens is 2. The van der Waals surface area contributed by atoms with E-state index in [1.165, 1.54) is 50.6 Å². The van der Waals surface area contributed by atoms with Crippen LogP contribution in [-0.2, 0) is 19.2 Å². The second kappa shape index (κ2) is 11.4. The number of carboxylic acid groups (broad SMARTS) is 1. The number of ether oxygens (including phenoxy) is 2. The number of allylic oxidation sites excluding steroid dienone is 2. The molecule has 4 aliphatic rings. The number of aromatic hydroxyl groups is 1. The number of aromatic carboxylic acids is 1. The third kappa shape index (κ3) is 4.57. The number of hydrogen-bond acceptors (Lipinski definition) is 8. The number of phenols is 1. The Hall–Kier alpha value is -5.23. The molecule has 11 nitrogen and oxygen atoms in total. The van der Waals surface area contributed by atoms with Crippen molar-refractivity contribution in [3.05, 3.63) is 88.2 Å². The first-order valence-electron chi connectivity index (χ1n) is 15.5. The largest absolute Gasteiger partial charge is 0.502 e. The molecule has 3 aromatic rings. The second-order valence-electron chi connectivity index (χ2n) is 12.9. The van der Waals surface area contributed by atoms with Crippen molar-refractivity contribution in [1.82, 2.24) is 0 Å². The third-order valence-electron chi connectivity index (χ3n) is 10.6. The number of amides is 4. The number of carbonyl (C=O) groups is 5. The predicted octanol–water partition coefficient (Wildman–Crippen LogP) is 5.34. The molecule has 4 amide bonds. The van der Waals surface area contributed by atoms with Crippen molar-refractivity contribution in [3.63, 3.8) is 0 Å². The summed E-state index contributed by atoms with van der Waals surface area (Å²) in [5.41, 5.74) is -0.188. The molecule has 0 spiro atoms. The number of nitrogens with zero attached hydrogens (tertiary/aromatic N) is 2. The quantitative estimate of drug-likeness (QED) is 0.259. The lowest BCUT2D eigenvalue weighted by atomic mass is 9.51. The maximum atomic E-state index is 14.6. The summed E-state index contributed by atoms with van der Waals surface area (Å²) in [5, 5.41) is 20.0.